The standard InChI is InChI=1S/C6H6N2O3.Na/c7-5-2-1-4(8(10)11)3-6(5)9;/h1-3,9H,7H2;. The van der Waals surface area contributed by atoms with E-state index >= 15 is 0 Å². The molecule has 0 heterocycles. The van der Waals surface area contributed by atoms with Crippen LogP contribution in [0, 0.1) is 10.1 Å². The maximum absolute atomic E-state index is 10.1. The van der Waals surface area contributed by atoms with Gasteiger partial charge < -0.3 is 10.8 Å². The van der Waals surface area contributed by atoms with Crippen molar-refractivity contribution in [2.24, 2.45) is 0 Å². The third kappa shape index (κ3) is 2.37. The Morgan fingerprint density at radius 3 is 2.50 bits per heavy atom. The number of phenols is 1. The van der Waals surface area contributed by atoms with Crippen LogP contribution in [0.1, 0.15) is 0 Å². The molecule has 3 N–H and O–H groups in total. The second-order valence-electron chi connectivity index (χ2n) is 2.00. The zero-order chi connectivity index (χ0) is 8.43. The summed E-state index contributed by atoms with van der Waals surface area (Å²) < 4.78 is 0. The van der Waals surface area contributed by atoms with Gasteiger partial charge in [-0.25, -0.2) is 0 Å². The van der Waals surface area contributed by atoms with Gasteiger partial charge in [0.2, 0.25) is 0 Å². The molecule has 0 unspecified atom stereocenters. The van der Waals surface area contributed by atoms with E-state index in [0.29, 0.717) is 0 Å². The molecule has 0 aliphatic carbocycles. The molecule has 0 amide bonds. The third-order valence-electron chi connectivity index (χ3n) is 1.22. The van der Waals surface area contributed by atoms with E-state index in [1.54, 1.807) is 0 Å². The molecule has 12 heavy (non-hydrogen) atoms. The fourth-order valence-electron chi connectivity index (χ4n) is 0.646. The molecule has 0 atom stereocenters. The van der Waals surface area contributed by atoms with Crippen LogP contribution < -0.4 is 5.73 Å². The minimum Gasteiger partial charge on any atom is -0.506 e. The Kier molecular flexibility index (Phi) is 4.02. The number of nitrogens with two attached hydrogens (primary N) is 1. The van der Waals surface area contributed by atoms with Crippen molar-refractivity contribution in [3.05, 3.63) is 28.3 Å². The topological polar surface area (TPSA) is 89.4 Å². The molecule has 0 fully saturated rings. The van der Waals surface area contributed by atoms with Crippen LogP contribution in [-0.4, -0.2) is 39.6 Å². The van der Waals surface area contributed by atoms with Gasteiger partial charge in [0.15, 0.2) is 0 Å². The number of benzene rings is 1. The Labute approximate surface area is 90.6 Å². The van der Waals surface area contributed by atoms with Gasteiger partial charge in [-0.3, -0.25) is 10.1 Å². The van der Waals surface area contributed by atoms with Crippen LogP contribution >= 0.6 is 0 Å². The maximum Gasteiger partial charge on any atom is 0.273 e. The Bertz CT molecular complexity index is 303. The van der Waals surface area contributed by atoms with Crippen molar-refractivity contribution in [2.75, 3.05) is 5.73 Å². The van der Waals surface area contributed by atoms with E-state index < -0.39 is 4.92 Å². The second kappa shape index (κ2) is 4.30. The van der Waals surface area contributed by atoms with E-state index in [0.717, 1.165) is 6.07 Å². The molecule has 1 radical (unpaired) electrons. The number of hydrogen-bond donors (Lipinski definition) is 2. The molecule has 59 valence electrons. The molecule has 0 saturated heterocycles. The SMILES string of the molecule is Nc1ccc([N+](=O)[O-])cc1O.[Na]. The molecule has 0 spiro atoms. The first-order valence-electron chi connectivity index (χ1n) is 2.84. The summed E-state index contributed by atoms with van der Waals surface area (Å²) in [5.74, 6) is -0.265. The Balaban J connectivity index is 0.00000121. The molecule has 1 rings (SSSR count). The zero-order valence-electron chi connectivity index (χ0n) is 6.52. The van der Waals surface area contributed by atoms with Crippen molar-refractivity contribution in [3.63, 3.8) is 0 Å². The fraction of sp³-hybridized carbons (Fsp3) is 0. The number of nitrogen functional groups attached to an aromatic ring is 1. The summed E-state index contributed by atoms with van der Waals surface area (Å²) in [7, 11) is 0. The number of aromatic hydroxyl groups is 1. The number of phenolic OH excluding ortho intramolecular Hbond substituents is 1. The first kappa shape index (κ1) is 11.2. The summed E-state index contributed by atoms with van der Waals surface area (Å²) in [6.07, 6.45) is 0. The van der Waals surface area contributed by atoms with Crippen LogP contribution in [0.2, 0.25) is 0 Å². The van der Waals surface area contributed by atoms with Gasteiger partial charge >= 0.3 is 0 Å². The molecule has 1 aromatic rings. The Hall–Kier alpha value is -0.780. The van der Waals surface area contributed by atoms with Gasteiger partial charge in [0.1, 0.15) is 5.75 Å². The van der Waals surface area contributed by atoms with Gasteiger partial charge in [-0.15, -0.1) is 0 Å². The normalized spacial score (nSPS) is 8.67. The summed E-state index contributed by atoms with van der Waals surface area (Å²) in [5.41, 5.74) is 5.18. The fourth-order valence-corrected chi connectivity index (χ4v) is 0.646. The van der Waals surface area contributed by atoms with Crippen molar-refractivity contribution >= 4 is 40.9 Å². The molecule has 0 aliphatic heterocycles. The van der Waals surface area contributed by atoms with E-state index in [4.69, 9.17) is 10.8 Å². The Morgan fingerprint density at radius 2 is 2.08 bits per heavy atom. The van der Waals surface area contributed by atoms with Crippen molar-refractivity contribution in [3.8, 4) is 5.75 Å². The average molecular weight is 177 g/mol. The van der Waals surface area contributed by atoms with E-state index in [2.05, 4.69) is 0 Å². The van der Waals surface area contributed by atoms with Crippen molar-refractivity contribution < 1.29 is 10.0 Å². The quantitative estimate of drug-likeness (QED) is 0.215. The monoisotopic (exact) mass is 177 g/mol. The molecule has 6 heteroatoms. The third-order valence-corrected chi connectivity index (χ3v) is 1.22. The number of hydrogen-bond acceptors (Lipinski definition) is 4. The minimum absolute atomic E-state index is 0. The predicted molar refractivity (Wildman–Crippen MR) is 44.9 cm³/mol. The summed E-state index contributed by atoms with van der Waals surface area (Å²) >= 11 is 0. The first-order chi connectivity index (χ1) is 5.11. The number of rotatable bonds is 1. The molecular weight excluding hydrogens is 171 g/mol. The number of nitrogens with zero attached hydrogens (tertiary/aromatic N) is 1. The molecule has 0 saturated carbocycles. The van der Waals surface area contributed by atoms with Crippen LogP contribution in [0.3, 0.4) is 0 Å². The summed E-state index contributed by atoms with van der Waals surface area (Å²) in [4.78, 5) is 9.52. The summed E-state index contributed by atoms with van der Waals surface area (Å²) in [5, 5.41) is 19.0. The predicted octanol–water partition coefficient (Wildman–Crippen LogP) is 0.502. The average Bonchev–Trinajstić information content (AvgIpc) is 1.94. The van der Waals surface area contributed by atoms with E-state index in [9.17, 15) is 10.1 Å². The molecular formula is C6H6N2NaO3. The van der Waals surface area contributed by atoms with E-state index in [1.807, 2.05) is 0 Å². The van der Waals surface area contributed by atoms with Gasteiger partial charge in [-0.2, -0.15) is 0 Å². The number of anilines is 1. The van der Waals surface area contributed by atoms with Crippen molar-refractivity contribution in [2.45, 2.75) is 0 Å². The molecule has 0 aliphatic rings. The second-order valence-corrected chi connectivity index (χ2v) is 2.00. The van der Waals surface area contributed by atoms with Crippen LogP contribution in [0.15, 0.2) is 18.2 Å². The van der Waals surface area contributed by atoms with Crippen LogP contribution in [0.5, 0.6) is 5.75 Å². The first-order valence-corrected chi connectivity index (χ1v) is 2.84. The molecule has 0 bridgehead atoms. The summed E-state index contributed by atoms with van der Waals surface area (Å²) in [6, 6.07) is 3.53. The van der Waals surface area contributed by atoms with Gasteiger partial charge in [0.05, 0.1) is 16.7 Å². The van der Waals surface area contributed by atoms with Crippen molar-refractivity contribution in [1.82, 2.24) is 0 Å². The van der Waals surface area contributed by atoms with Crippen molar-refractivity contribution in [1.29, 1.82) is 0 Å². The summed E-state index contributed by atoms with van der Waals surface area (Å²) in [6.45, 7) is 0. The molecule has 1 aromatic carbocycles. The van der Waals surface area contributed by atoms with Crippen LogP contribution in [-0.2, 0) is 0 Å². The van der Waals surface area contributed by atoms with Crippen LogP contribution in [0.25, 0.3) is 0 Å². The van der Waals surface area contributed by atoms with Gasteiger partial charge in [-0.1, -0.05) is 0 Å². The molecule has 5 nitrogen and oxygen atoms in total. The van der Waals surface area contributed by atoms with E-state index in [-0.39, 0.29) is 46.7 Å². The number of nitro benzene ring substituents is 1. The number of non-ortho nitro benzene ring substituents is 1. The van der Waals surface area contributed by atoms with Gasteiger partial charge in [0.25, 0.3) is 5.69 Å². The number of nitro groups is 1. The Morgan fingerprint density at radius 1 is 1.50 bits per heavy atom. The molecule has 0 aromatic heterocycles. The van der Waals surface area contributed by atoms with Gasteiger partial charge in [0, 0.05) is 35.6 Å². The smallest absolute Gasteiger partial charge is 0.273 e. The van der Waals surface area contributed by atoms with E-state index in [1.165, 1.54) is 12.1 Å². The zero-order valence-corrected chi connectivity index (χ0v) is 8.52. The minimum atomic E-state index is -0.598. The van der Waals surface area contributed by atoms with Gasteiger partial charge in [-0.05, 0) is 6.07 Å². The largest absolute Gasteiger partial charge is 0.506 e. The van der Waals surface area contributed by atoms with Crippen LogP contribution in [0.4, 0.5) is 11.4 Å². The maximum atomic E-state index is 10.1.